The van der Waals surface area contributed by atoms with E-state index in [-0.39, 0.29) is 0 Å². The number of quaternary nitrogens is 1. The molecule has 0 aliphatic carbocycles. The second-order valence-corrected chi connectivity index (χ2v) is 3.06. The fourth-order valence-corrected chi connectivity index (χ4v) is 0.852. The van der Waals surface area contributed by atoms with Crippen molar-refractivity contribution in [1.82, 2.24) is 0 Å². The molecule has 0 amide bonds. The van der Waals surface area contributed by atoms with Gasteiger partial charge in [-0.2, -0.15) is 0 Å². The Labute approximate surface area is 80.7 Å². The number of methoxy groups -OCH3 is 1. The van der Waals surface area contributed by atoms with Crippen LogP contribution in [0.1, 0.15) is 13.8 Å². The molecule has 0 aliphatic heterocycles. The van der Waals surface area contributed by atoms with Crippen molar-refractivity contribution >= 4 is 6.47 Å². The van der Waals surface area contributed by atoms with Gasteiger partial charge in [0.15, 0.2) is 0 Å². The molecule has 0 saturated carbocycles. The second kappa shape index (κ2) is 9.48. The first-order chi connectivity index (χ1) is 6.10. The third-order valence-electron chi connectivity index (χ3n) is 2.36. The molecule has 0 N–H and O–H groups in total. The van der Waals surface area contributed by atoms with Crippen LogP contribution in [0.2, 0.25) is 0 Å². The van der Waals surface area contributed by atoms with Crippen LogP contribution in [0.3, 0.4) is 0 Å². The van der Waals surface area contributed by atoms with Gasteiger partial charge in [-0.05, 0) is 13.8 Å². The van der Waals surface area contributed by atoms with Gasteiger partial charge in [-0.25, -0.2) is 0 Å². The summed E-state index contributed by atoms with van der Waals surface area (Å²) in [6.07, 6.45) is 0. The Bertz CT molecular complexity index is 113. The molecule has 4 heteroatoms. The first kappa shape index (κ1) is 14.9. The van der Waals surface area contributed by atoms with Gasteiger partial charge in [0, 0.05) is 13.6 Å². The molecule has 0 aromatic rings. The van der Waals surface area contributed by atoms with Crippen LogP contribution in [0.5, 0.6) is 0 Å². The molecular weight excluding hydrogens is 170 g/mol. The summed E-state index contributed by atoms with van der Waals surface area (Å²) in [5.41, 5.74) is 0. The number of carbonyl (C=O) groups excluding carboxylic acids is 1. The molecule has 0 fully saturated rings. The SMILES string of the molecule is CC[N+](C)(CC)CCOC.O=C[O-]. The lowest BCUT2D eigenvalue weighted by Crippen LogP contribution is -2.45. The molecule has 0 rings (SSSR count). The molecule has 0 radical (unpaired) electrons. The summed E-state index contributed by atoms with van der Waals surface area (Å²) in [5, 5.41) is 8.25. The van der Waals surface area contributed by atoms with Gasteiger partial charge in [0.2, 0.25) is 0 Å². The Hall–Kier alpha value is -0.610. The number of ether oxygens (including phenoxy) is 1. The highest BCUT2D eigenvalue weighted by Crippen LogP contribution is 1.99. The predicted octanol–water partition coefficient (Wildman–Crippen LogP) is -0.515. The molecule has 0 unspecified atom stereocenters. The van der Waals surface area contributed by atoms with E-state index < -0.39 is 6.47 Å². The van der Waals surface area contributed by atoms with Gasteiger partial charge in [0.25, 0.3) is 0 Å². The lowest BCUT2D eigenvalue weighted by molar-refractivity contribution is -0.906. The maximum atomic E-state index is 8.25. The minimum atomic E-state index is -0.500. The van der Waals surface area contributed by atoms with Crippen LogP contribution in [0.15, 0.2) is 0 Å². The maximum Gasteiger partial charge on any atom is 0.102 e. The Kier molecular flexibility index (Phi) is 10.9. The first-order valence-corrected chi connectivity index (χ1v) is 4.48. The van der Waals surface area contributed by atoms with E-state index in [4.69, 9.17) is 14.6 Å². The lowest BCUT2D eigenvalue weighted by Gasteiger charge is -2.31. The molecule has 0 bridgehead atoms. The van der Waals surface area contributed by atoms with Crippen LogP contribution in [0.4, 0.5) is 0 Å². The zero-order valence-corrected chi connectivity index (χ0v) is 9.08. The molecule has 0 aromatic carbocycles. The van der Waals surface area contributed by atoms with Gasteiger partial charge in [-0.1, -0.05) is 0 Å². The Morgan fingerprint density at radius 1 is 1.38 bits per heavy atom. The minimum absolute atomic E-state index is 0.500. The number of hydrogen-bond donors (Lipinski definition) is 0. The van der Waals surface area contributed by atoms with Gasteiger partial charge in [0.05, 0.1) is 26.7 Å². The van der Waals surface area contributed by atoms with E-state index in [1.807, 2.05) is 0 Å². The molecule has 0 atom stereocenters. The second-order valence-electron chi connectivity index (χ2n) is 3.06. The van der Waals surface area contributed by atoms with E-state index in [9.17, 15) is 0 Å². The molecule has 0 spiro atoms. The van der Waals surface area contributed by atoms with E-state index in [2.05, 4.69) is 20.9 Å². The average Bonchev–Trinajstić information content (AvgIpc) is 2.15. The highest BCUT2D eigenvalue weighted by molar-refractivity contribution is 5.29. The van der Waals surface area contributed by atoms with Crippen molar-refractivity contribution in [3.8, 4) is 0 Å². The Balaban J connectivity index is 0. The van der Waals surface area contributed by atoms with Crippen LogP contribution in [0.25, 0.3) is 0 Å². The number of rotatable bonds is 5. The van der Waals surface area contributed by atoms with Gasteiger partial charge < -0.3 is 19.1 Å². The summed E-state index contributed by atoms with van der Waals surface area (Å²) in [7, 11) is 4.02. The van der Waals surface area contributed by atoms with Gasteiger partial charge >= 0.3 is 0 Å². The van der Waals surface area contributed by atoms with Gasteiger partial charge in [0.1, 0.15) is 6.54 Å². The number of likely N-dealkylation sites (N-methyl/N-ethyl adjacent to an activating group) is 1. The van der Waals surface area contributed by atoms with Crippen LogP contribution in [0, 0.1) is 0 Å². The van der Waals surface area contributed by atoms with Gasteiger partial charge in [-0.3, -0.25) is 0 Å². The van der Waals surface area contributed by atoms with Crippen LogP contribution in [-0.2, 0) is 9.53 Å². The smallest absolute Gasteiger partial charge is 0.102 e. The summed E-state index contributed by atoms with van der Waals surface area (Å²) < 4.78 is 6.14. The third kappa shape index (κ3) is 9.30. The number of carboxylic acid groups (broad SMARTS) is 1. The zero-order chi connectivity index (χ0) is 10.7. The fourth-order valence-electron chi connectivity index (χ4n) is 0.852. The van der Waals surface area contributed by atoms with Crippen molar-refractivity contribution in [2.45, 2.75) is 13.8 Å². The summed E-state index contributed by atoms with van der Waals surface area (Å²) in [6, 6.07) is 0. The third-order valence-corrected chi connectivity index (χ3v) is 2.36. The molecule has 4 nitrogen and oxygen atoms in total. The van der Waals surface area contributed by atoms with Crippen LogP contribution in [-0.4, -0.2) is 51.4 Å². The minimum Gasteiger partial charge on any atom is -0.554 e. The van der Waals surface area contributed by atoms with E-state index >= 15 is 0 Å². The molecule has 0 saturated heterocycles. The molecule has 80 valence electrons. The highest BCUT2D eigenvalue weighted by atomic mass is 16.5. The van der Waals surface area contributed by atoms with Crippen molar-refractivity contribution in [1.29, 1.82) is 0 Å². The van der Waals surface area contributed by atoms with Crippen molar-refractivity contribution in [3.63, 3.8) is 0 Å². The summed E-state index contributed by atoms with van der Waals surface area (Å²) in [6.45, 7) is 8.33. The molecule has 0 aromatic heterocycles. The zero-order valence-electron chi connectivity index (χ0n) is 9.08. The van der Waals surface area contributed by atoms with Crippen molar-refractivity contribution in [2.75, 3.05) is 40.4 Å². The predicted molar refractivity (Wildman–Crippen MR) is 50.1 cm³/mol. The number of nitrogens with zero attached hydrogens (tertiary/aromatic N) is 1. The molecule has 13 heavy (non-hydrogen) atoms. The van der Waals surface area contributed by atoms with Crippen LogP contribution < -0.4 is 5.11 Å². The number of carbonyl (C=O) groups is 1. The van der Waals surface area contributed by atoms with E-state index in [0.717, 1.165) is 17.6 Å². The highest BCUT2D eigenvalue weighted by Gasteiger charge is 2.14. The topological polar surface area (TPSA) is 49.4 Å². The first-order valence-electron chi connectivity index (χ1n) is 4.48. The summed E-state index contributed by atoms with van der Waals surface area (Å²) >= 11 is 0. The van der Waals surface area contributed by atoms with Crippen molar-refractivity contribution < 1.29 is 19.1 Å². The van der Waals surface area contributed by atoms with Gasteiger partial charge in [-0.15, -0.1) is 0 Å². The monoisotopic (exact) mass is 191 g/mol. The normalized spacial score (nSPS) is 10.2. The van der Waals surface area contributed by atoms with Crippen LogP contribution >= 0.6 is 0 Å². The molecule has 0 heterocycles. The Morgan fingerprint density at radius 2 is 1.77 bits per heavy atom. The van der Waals surface area contributed by atoms with E-state index in [1.54, 1.807) is 7.11 Å². The van der Waals surface area contributed by atoms with E-state index in [0.29, 0.717) is 0 Å². The quantitative estimate of drug-likeness (QED) is 0.434. The maximum absolute atomic E-state index is 8.25. The lowest BCUT2D eigenvalue weighted by atomic mass is 10.4. The Morgan fingerprint density at radius 3 is 2.00 bits per heavy atom. The largest absolute Gasteiger partial charge is 0.554 e. The summed E-state index contributed by atoms with van der Waals surface area (Å²) in [5.74, 6) is 0. The fraction of sp³-hybridized carbons (Fsp3) is 0.889. The standard InChI is InChI=1S/C8H20NO.CH2O2/c1-5-9(3,6-2)7-8-10-4;2-1-3/h5-8H2,1-4H3;1H,(H,2,3)/q+1;/p-1. The average molecular weight is 191 g/mol. The van der Waals surface area contributed by atoms with E-state index in [1.165, 1.54) is 13.1 Å². The number of hydrogen-bond acceptors (Lipinski definition) is 3. The van der Waals surface area contributed by atoms with Crippen molar-refractivity contribution in [2.24, 2.45) is 0 Å². The van der Waals surface area contributed by atoms with Crippen molar-refractivity contribution in [3.05, 3.63) is 0 Å². The summed E-state index contributed by atoms with van der Waals surface area (Å²) in [4.78, 5) is 8.25. The molecule has 0 aliphatic rings. The molecular formula is C9H21NO3.